The molecular weight excluding hydrogens is 308 g/mol. The van der Waals surface area contributed by atoms with E-state index >= 15 is 0 Å². The number of pyridine rings is 1. The van der Waals surface area contributed by atoms with Crippen LogP contribution in [0.5, 0.6) is 0 Å². The molecule has 1 aliphatic rings. The van der Waals surface area contributed by atoms with Crippen LogP contribution in [-0.4, -0.2) is 82.4 Å². The monoisotopic (exact) mass is 334 g/mol. The van der Waals surface area contributed by atoms with Crippen LogP contribution in [-0.2, 0) is 18.9 Å². The molecule has 1 aromatic rings. The third-order valence-corrected chi connectivity index (χ3v) is 3.44. The van der Waals surface area contributed by atoms with Crippen LogP contribution in [0.2, 0.25) is 0 Å². The number of hydrogen-bond acceptors (Lipinski definition) is 6. The molecule has 0 aliphatic carbocycles. The predicted molar refractivity (Wildman–Crippen MR) is 90.8 cm³/mol. The zero-order chi connectivity index (χ0) is 16.7. The summed E-state index contributed by atoms with van der Waals surface area (Å²) < 4.78 is 22.0. The lowest BCUT2D eigenvalue weighted by Crippen LogP contribution is -2.32. The fraction of sp³-hybridized carbons (Fsp3) is 0.611. The highest BCUT2D eigenvalue weighted by Crippen LogP contribution is 1.94. The van der Waals surface area contributed by atoms with Crippen molar-refractivity contribution in [1.82, 2.24) is 9.88 Å². The Kier molecular flexibility index (Phi) is 10.1. The van der Waals surface area contributed by atoms with Gasteiger partial charge in [-0.05, 0) is 12.1 Å². The van der Waals surface area contributed by atoms with E-state index in [9.17, 15) is 0 Å². The summed E-state index contributed by atoms with van der Waals surface area (Å²) in [5.74, 6) is 6.36. The topological polar surface area (TPSA) is 53.1 Å². The predicted octanol–water partition coefficient (Wildman–Crippen LogP) is 0.815. The third-order valence-electron chi connectivity index (χ3n) is 3.44. The molecule has 0 amide bonds. The molecule has 0 bridgehead atoms. The molecule has 24 heavy (non-hydrogen) atoms. The Morgan fingerprint density at radius 2 is 1.29 bits per heavy atom. The summed E-state index contributed by atoms with van der Waals surface area (Å²) >= 11 is 0. The van der Waals surface area contributed by atoms with Gasteiger partial charge in [-0.25, -0.2) is 0 Å². The summed E-state index contributed by atoms with van der Waals surface area (Å²) in [5.41, 5.74) is 0.977. The Morgan fingerprint density at radius 3 is 1.83 bits per heavy atom. The van der Waals surface area contributed by atoms with Crippen molar-refractivity contribution in [2.75, 3.05) is 72.5 Å². The van der Waals surface area contributed by atoms with E-state index in [0.29, 0.717) is 59.4 Å². The van der Waals surface area contributed by atoms with Crippen LogP contribution >= 0.6 is 0 Å². The molecule has 0 radical (unpaired) electrons. The number of ether oxygens (including phenoxy) is 4. The standard InChI is InChI=1S/C18H26N2O4/c1(2-18-3-5-19-6-4-18)7-20-8-10-21-12-14-23-16-17-24-15-13-22-11-9-20/h3-6H,7-17H2. The molecule has 0 atom stereocenters. The van der Waals surface area contributed by atoms with Crippen LogP contribution < -0.4 is 0 Å². The third kappa shape index (κ3) is 8.96. The van der Waals surface area contributed by atoms with Crippen LogP contribution in [0.1, 0.15) is 5.56 Å². The van der Waals surface area contributed by atoms with Gasteiger partial charge in [0.1, 0.15) is 0 Å². The summed E-state index contributed by atoms with van der Waals surface area (Å²) in [6.07, 6.45) is 3.50. The Hall–Kier alpha value is -1.49. The van der Waals surface area contributed by atoms with Gasteiger partial charge in [-0.1, -0.05) is 11.8 Å². The van der Waals surface area contributed by atoms with Gasteiger partial charge in [-0.3, -0.25) is 9.88 Å². The molecule has 0 unspecified atom stereocenters. The first-order valence-corrected chi connectivity index (χ1v) is 8.37. The second-order valence-corrected chi connectivity index (χ2v) is 5.26. The maximum Gasteiger partial charge on any atom is 0.0701 e. The highest BCUT2D eigenvalue weighted by molar-refractivity contribution is 5.32. The first-order valence-electron chi connectivity index (χ1n) is 8.37. The Bertz CT molecular complexity index is 471. The Morgan fingerprint density at radius 1 is 0.792 bits per heavy atom. The Balaban J connectivity index is 1.77. The van der Waals surface area contributed by atoms with Crippen molar-refractivity contribution < 1.29 is 18.9 Å². The average molecular weight is 334 g/mol. The molecule has 1 aliphatic heterocycles. The fourth-order valence-corrected chi connectivity index (χ4v) is 2.11. The largest absolute Gasteiger partial charge is 0.378 e. The lowest BCUT2D eigenvalue weighted by atomic mass is 10.3. The summed E-state index contributed by atoms with van der Waals surface area (Å²) in [4.78, 5) is 6.22. The van der Waals surface area contributed by atoms with Gasteiger partial charge in [0.15, 0.2) is 0 Å². The molecule has 2 rings (SSSR count). The van der Waals surface area contributed by atoms with E-state index in [0.717, 1.165) is 18.7 Å². The molecule has 0 N–H and O–H groups in total. The first kappa shape index (κ1) is 18.8. The quantitative estimate of drug-likeness (QED) is 0.709. The van der Waals surface area contributed by atoms with E-state index in [-0.39, 0.29) is 0 Å². The average Bonchev–Trinajstić information content (AvgIpc) is 2.62. The van der Waals surface area contributed by atoms with E-state index in [1.54, 1.807) is 12.4 Å². The van der Waals surface area contributed by atoms with Crippen molar-refractivity contribution in [3.05, 3.63) is 30.1 Å². The zero-order valence-corrected chi connectivity index (χ0v) is 14.1. The molecule has 0 saturated carbocycles. The van der Waals surface area contributed by atoms with Crippen LogP contribution in [0.3, 0.4) is 0 Å². The normalized spacial score (nSPS) is 19.5. The number of nitrogens with zero attached hydrogens (tertiary/aromatic N) is 2. The minimum atomic E-state index is 0.597. The van der Waals surface area contributed by atoms with Crippen LogP contribution in [0.15, 0.2) is 24.5 Å². The number of aromatic nitrogens is 1. The highest BCUT2D eigenvalue weighted by atomic mass is 16.6. The van der Waals surface area contributed by atoms with Gasteiger partial charge in [0.25, 0.3) is 0 Å². The summed E-state index contributed by atoms with van der Waals surface area (Å²) in [6.45, 7) is 7.26. The van der Waals surface area contributed by atoms with Crippen molar-refractivity contribution in [3.63, 3.8) is 0 Å². The van der Waals surface area contributed by atoms with Gasteiger partial charge in [-0.15, -0.1) is 0 Å². The number of hydrogen-bond donors (Lipinski definition) is 0. The molecule has 1 fully saturated rings. The molecule has 6 nitrogen and oxygen atoms in total. The van der Waals surface area contributed by atoms with Crippen LogP contribution in [0, 0.1) is 11.8 Å². The molecule has 0 aromatic carbocycles. The van der Waals surface area contributed by atoms with Gasteiger partial charge in [-0.2, -0.15) is 0 Å². The SMILES string of the molecule is C(#Cc1ccncc1)CN1CCOCCOCCOCCOCC1. The second-order valence-electron chi connectivity index (χ2n) is 5.26. The lowest BCUT2D eigenvalue weighted by Gasteiger charge is -2.19. The van der Waals surface area contributed by atoms with Gasteiger partial charge >= 0.3 is 0 Å². The first-order chi connectivity index (χ1) is 11.9. The molecule has 2 heterocycles. The minimum Gasteiger partial charge on any atom is -0.378 e. The highest BCUT2D eigenvalue weighted by Gasteiger charge is 2.04. The van der Waals surface area contributed by atoms with Crippen LogP contribution in [0.25, 0.3) is 0 Å². The molecule has 1 aromatic heterocycles. The van der Waals surface area contributed by atoms with Crippen molar-refractivity contribution in [2.45, 2.75) is 0 Å². The van der Waals surface area contributed by atoms with Crippen molar-refractivity contribution in [3.8, 4) is 11.8 Å². The summed E-state index contributed by atoms with van der Waals surface area (Å²) in [7, 11) is 0. The maximum absolute atomic E-state index is 5.60. The van der Waals surface area contributed by atoms with Gasteiger partial charge in [0.2, 0.25) is 0 Å². The molecule has 0 spiro atoms. The van der Waals surface area contributed by atoms with Gasteiger partial charge in [0, 0.05) is 31.0 Å². The molecule has 1 saturated heterocycles. The summed E-state index contributed by atoms with van der Waals surface area (Å²) in [5, 5.41) is 0. The van der Waals surface area contributed by atoms with E-state index in [1.807, 2.05) is 12.1 Å². The second kappa shape index (κ2) is 12.9. The number of rotatable bonds is 1. The minimum absolute atomic E-state index is 0.597. The maximum atomic E-state index is 5.60. The van der Waals surface area contributed by atoms with Gasteiger partial charge in [0.05, 0.1) is 59.4 Å². The van der Waals surface area contributed by atoms with E-state index in [4.69, 9.17) is 18.9 Å². The van der Waals surface area contributed by atoms with Gasteiger partial charge < -0.3 is 18.9 Å². The van der Waals surface area contributed by atoms with Crippen molar-refractivity contribution in [1.29, 1.82) is 0 Å². The molecular formula is C18H26N2O4. The van der Waals surface area contributed by atoms with E-state index < -0.39 is 0 Å². The molecule has 132 valence electrons. The van der Waals surface area contributed by atoms with Crippen LogP contribution in [0.4, 0.5) is 0 Å². The lowest BCUT2D eigenvalue weighted by molar-refractivity contribution is 0.00206. The summed E-state index contributed by atoms with van der Waals surface area (Å²) in [6, 6.07) is 3.82. The van der Waals surface area contributed by atoms with Crippen molar-refractivity contribution in [2.24, 2.45) is 0 Å². The van der Waals surface area contributed by atoms with E-state index in [1.165, 1.54) is 0 Å². The van der Waals surface area contributed by atoms with Crippen molar-refractivity contribution >= 4 is 0 Å². The zero-order valence-electron chi connectivity index (χ0n) is 14.1. The smallest absolute Gasteiger partial charge is 0.0701 e. The Labute approximate surface area is 144 Å². The fourth-order valence-electron chi connectivity index (χ4n) is 2.11. The molecule has 6 heteroatoms. The van der Waals surface area contributed by atoms with E-state index in [2.05, 4.69) is 21.7 Å².